The molecule has 7 heteroatoms. The number of para-hydroxylation sites is 1. The molecule has 1 atom stereocenters. The number of rotatable bonds is 19. The second kappa shape index (κ2) is 18.3. The Hall–Kier alpha value is -1.18. The van der Waals surface area contributed by atoms with Gasteiger partial charge in [0.05, 0.1) is 11.4 Å². The predicted molar refractivity (Wildman–Crippen MR) is 137 cm³/mol. The van der Waals surface area contributed by atoms with Gasteiger partial charge in [-0.15, -0.1) is 16.1 Å². The molecule has 1 rings (SSSR count). The number of hydrogen-bond donors (Lipinski definition) is 1. The number of nitrogens with zero attached hydrogens (tertiary/aromatic N) is 1. The van der Waals surface area contributed by atoms with Crippen LogP contribution >= 0.6 is 11.8 Å². The number of unbranched alkanes of at least 4 members (excludes halogenated alkanes) is 8. The van der Waals surface area contributed by atoms with Crippen molar-refractivity contribution in [1.29, 1.82) is 0 Å². The number of amides is 1. The predicted octanol–water partition coefficient (Wildman–Crippen LogP) is 6.97. The van der Waals surface area contributed by atoms with E-state index in [0.29, 0.717) is 30.0 Å². The molecule has 0 saturated heterocycles. The van der Waals surface area contributed by atoms with Gasteiger partial charge in [0.15, 0.2) is 0 Å². The fourth-order valence-electron chi connectivity index (χ4n) is 3.38. The van der Waals surface area contributed by atoms with Crippen LogP contribution in [0.3, 0.4) is 0 Å². The minimum atomic E-state index is -1.40. The minimum absolute atomic E-state index is 0.0796. The molecule has 0 aliphatic heterocycles. The Morgan fingerprint density at radius 3 is 2.19 bits per heavy atom. The zero-order valence-electron chi connectivity index (χ0n) is 19.9. The first-order valence-electron chi connectivity index (χ1n) is 12.2. The number of anilines is 1. The number of carbonyl (C=O) groups excluding carboxylic acids is 1. The third-order valence-corrected chi connectivity index (χ3v) is 7.82. The van der Waals surface area contributed by atoms with Crippen LogP contribution in [-0.4, -0.2) is 33.0 Å². The van der Waals surface area contributed by atoms with Crippen LogP contribution in [-0.2, 0) is 21.0 Å². The summed E-state index contributed by atoms with van der Waals surface area (Å²) in [4.78, 5) is 24.8. The number of thioether (sulfide) groups is 1. The summed E-state index contributed by atoms with van der Waals surface area (Å²) in [6, 6.07) is 7.55. The van der Waals surface area contributed by atoms with E-state index in [2.05, 4.69) is 13.8 Å². The molecule has 0 aromatic heterocycles. The zero-order valence-corrected chi connectivity index (χ0v) is 21.5. The molecule has 1 N–H and O–H groups in total. The van der Waals surface area contributed by atoms with Crippen LogP contribution in [0.2, 0.25) is 0 Å². The third kappa shape index (κ3) is 12.2. The van der Waals surface area contributed by atoms with Gasteiger partial charge in [0.1, 0.15) is 11.4 Å². The van der Waals surface area contributed by atoms with Gasteiger partial charge >= 0.3 is 5.97 Å². The van der Waals surface area contributed by atoms with Crippen molar-refractivity contribution in [2.75, 3.05) is 15.8 Å². The average molecular weight is 484 g/mol. The maximum atomic E-state index is 13.1. The summed E-state index contributed by atoms with van der Waals surface area (Å²) >= 11 is 0.126. The molecule has 0 heterocycles. The molecule has 0 spiro atoms. The molecule has 182 valence electrons. The zero-order chi connectivity index (χ0) is 23.6. The first-order chi connectivity index (χ1) is 15.5. The molecule has 1 unspecified atom stereocenters. The lowest BCUT2D eigenvalue weighted by Gasteiger charge is -2.26. The molecule has 32 heavy (non-hydrogen) atoms. The standard InChI is InChI=1S/C25H41NO4S2/c1-3-5-7-8-9-10-11-12-18-24(27)26(32(30)21-6-4-2)22-16-13-14-17-23(22)31-20-15-19-25(28)29/h13-14,16-17H,3-12,15,18-21H2,1-2H3,(H,28,29). The Labute approximate surface area is 202 Å². The second-order valence-corrected chi connectivity index (χ2v) is 10.7. The van der Waals surface area contributed by atoms with Crippen molar-refractivity contribution in [3.05, 3.63) is 24.3 Å². The lowest BCUT2D eigenvalue weighted by atomic mass is 10.1. The Morgan fingerprint density at radius 2 is 1.53 bits per heavy atom. The summed E-state index contributed by atoms with van der Waals surface area (Å²) in [6.45, 7) is 4.27. The molecule has 1 amide bonds. The van der Waals surface area contributed by atoms with Gasteiger partial charge in [-0.2, -0.15) is 0 Å². The van der Waals surface area contributed by atoms with Gasteiger partial charge in [0, 0.05) is 17.7 Å². The normalized spacial score (nSPS) is 12.0. The number of carboxylic acid groups (broad SMARTS) is 1. The molecule has 1 aromatic rings. The fraction of sp³-hybridized carbons (Fsp3) is 0.680. The van der Waals surface area contributed by atoms with E-state index in [4.69, 9.17) is 5.11 Å². The van der Waals surface area contributed by atoms with Gasteiger partial charge in [0.2, 0.25) is 0 Å². The quantitative estimate of drug-likeness (QED) is 0.130. The van der Waals surface area contributed by atoms with E-state index in [1.807, 2.05) is 24.3 Å². The number of aliphatic carboxylic acids is 1. The summed E-state index contributed by atoms with van der Waals surface area (Å²) < 4.78 is 14.6. The lowest BCUT2D eigenvalue weighted by Crippen LogP contribution is -2.38. The highest BCUT2D eigenvalue weighted by atomic mass is 32.2. The smallest absolute Gasteiger partial charge is 0.303 e. The minimum Gasteiger partial charge on any atom is -0.593 e. The molecular formula is C25H41NO4S2. The van der Waals surface area contributed by atoms with Crippen molar-refractivity contribution in [1.82, 2.24) is 0 Å². The second-order valence-electron chi connectivity index (χ2n) is 8.11. The molecule has 1 aromatic carbocycles. The highest BCUT2D eigenvalue weighted by Gasteiger charge is 2.29. The average Bonchev–Trinajstić information content (AvgIpc) is 2.78. The Bertz CT molecular complexity index is 657. The molecule has 5 nitrogen and oxygen atoms in total. The summed E-state index contributed by atoms with van der Waals surface area (Å²) in [5, 5.41) is 8.85. The van der Waals surface area contributed by atoms with E-state index in [9.17, 15) is 14.1 Å². The Balaban J connectivity index is 2.73. The summed E-state index contributed by atoms with van der Waals surface area (Å²) in [5.74, 6) is 0.230. The largest absolute Gasteiger partial charge is 0.593 e. The first kappa shape index (κ1) is 28.9. The van der Waals surface area contributed by atoms with Crippen molar-refractivity contribution in [3.63, 3.8) is 0 Å². The summed E-state index contributed by atoms with van der Waals surface area (Å²) in [7, 11) is 0. The van der Waals surface area contributed by atoms with E-state index in [0.717, 1.165) is 37.0 Å². The van der Waals surface area contributed by atoms with Crippen LogP contribution < -0.4 is 4.31 Å². The molecule has 0 aliphatic rings. The van der Waals surface area contributed by atoms with Crippen molar-refractivity contribution in [2.24, 2.45) is 0 Å². The third-order valence-electron chi connectivity index (χ3n) is 5.22. The SMILES string of the molecule is CCCCCCCCCCC(=O)N(c1ccccc1SCCCC(=O)O)[S+]([O-])CCCC. The maximum Gasteiger partial charge on any atom is 0.303 e. The Kier molecular flexibility index (Phi) is 16.5. The molecule has 0 saturated carbocycles. The van der Waals surface area contributed by atoms with E-state index < -0.39 is 17.3 Å². The van der Waals surface area contributed by atoms with Crippen LogP contribution in [0.4, 0.5) is 5.69 Å². The molecule has 0 aliphatic carbocycles. The molecule has 0 radical (unpaired) electrons. The van der Waals surface area contributed by atoms with Crippen LogP contribution in [0.25, 0.3) is 0 Å². The number of hydrogen-bond acceptors (Lipinski definition) is 4. The monoisotopic (exact) mass is 483 g/mol. The van der Waals surface area contributed by atoms with Crippen molar-refractivity contribution in [2.45, 2.75) is 102 Å². The van der Waals surface area contributed by atoms with Gasteiger partial charge < -0.3 is 9.66 Å². The number of carboxylic acids is 1. The van der Waals surface area contributed by atoms with Crippen molar-refractivity contribution < 1.29 is 19.2 Å². The van der Waals surface area contributed by atoms with Gasteiger partial charge in [0.25, 0.3) is 5.91 Å². The highest BCUT2D eigenvalue weighted by molar-refractivity contribution is 7.99. The highest BCUT2D eigenvalue weighted by Crippen LogP contribution is 2.33. The van der Waals surface area contributed by atoms with Gasteiger partial charge in [-0.3, -0.25) is 9.59 Å². The Morgan fingerprint density at radius 1 is 0.906 bits per heavy atom. The lowest BCUT2D eigenvalue weighted by molar-refractivity contribution is -0.137. The maximum absolute atomic E-state index is 13.1. The topological polar surface area (TPSA) is 80.7 Å². The first-order valence-corrected chi connectivity index (χ1v) is 14.4. The van der Waals surface area contributed by atoms with E-state index in [1.165, 1.54) is 48.2 Å². The van der Waals surface area contributed by atoms with Crippen molar-refractivity contribution in [3.8, 4) is 0 Å². The fourth-order valence-corrected chi connectivity index (χ4v) is 5.84. The van der Waals surface area contributed by atoms with Gasteiger partial charge in [-0.25, -0.2) is 0 Å². The van der Waals surface area contributed by atoms with Crippen LogP contribution in [0, 0.1) is 0 Å². The molecule has 0 fully saturated rings. The summed E-state index contributed by atoms with van der Waals surface area (Å²) in [5.41, 5.74) is 0.687. The number of carbonyl (C=O) groups is 2. The van der Waals surface area contributed by atoms with Crippen LogP contribution in [0.5, 0.6) is 0 Å². The van der Waals surface area contributed by atoms with Gasteiger partial charge in [-0.05, 0) is 37.1 Å². The van der Waals surface area contributed by atoms with E-state index in [1.54, 1.807) is 0 Å². The van der Waals surface area contributed by atoms with E-state index >= 15 is 0 Å². The van der Waals surface area contributed by atoms with Crippen LogP contribution in [0.15, 0.2) is 29.2 Å². The van der Waals surface area contributed by atoms with Crippen LogP contribution in [0.1, 0.15) is 97.3 Å². The molecular weight excluding hydrogens is 442 g/mol. The van der Waals surface area contributed by atoms with Crippen molar-refractivity contribution >= 4 is 40.7 Å². The van der Waals surface area contributed by atoms with E-state index in [-0.39, 0.29) is 12.3 Å². The summed E-state index contributed by atoms with van der Waals surface area (Å²) in [6.07, 6.45) is 12.1. The number of benzene rings is 1. The van der Waals surface area contributed by atoms with Gasteiger partial charge in [-0.1, -0.05) is 77.3 Å². The molecule has 0 bridgehead atoms.